The van der Waals surface area contributed by atoms with Gasteiger partial charge in [0.1, 0.15) is 18.2 Å². The largest absolute Gasteiger partial charge is 0.491 e. The van der Waals surface area contributed by atoms with Crippen LogP contribution in [0.25, 0.3) is 0 Å². The number of nitrogen functional groups attached to an aromatic ring is 1. The van der Waals surface area contributed by atoms with Crippen molar-refractivity contribution in [2.45, 2.75) is 6.54 Å². The molecule has 1 aromatic carbocycles. The molecule has 0 bridgehead atoms. The molecule has 3 N–H and O–H groups in total. The van der Waals surface area contributed by atoms with Crippen molar-refractivity contribution in [1.82, 2.24) is 9.88 Å². The fraction of sp³-hybridized carbons (Fsp3) is 0.200. The van der Waals surface area contributed by atoms with Gasteiger partial charge in [-0.3, -0.25) is 4.79 Å². The molecule has 1 aromatic heterocycles. The van der Waals surface area contributed by atoms with Crippen molar-refractivity contribution in [3.63, 3.8) is 0 Å². The normalized spacial score (nSPS) is 14.1. The zero-order valence-corrected chi connectivity index (χ0v) is 11.5. The minimum Gasteiger partial charge on any atom is -0.491 e. The molecule has 1 aliphatic heterocycles. The number of aromatic nitrogens is 1. The fourth-order valence-electron chi connectivity index (χ4n) is 2.30. The molecule has 1 aliphatic rings. The second-order valence-electron chi connectivity index (χ2n) is 4.73. The van der Waals surface area contributed by atoms with Gasteiger partial charge in [0.2, 0.25) is 0 Å². The number of rotatable bonds is 3. The van der Waals surface area contributed by atoms with E-state index in [2.05, 4.69) is 10.4 Å². The molecule has 1 amide bonds. The van der Waals surface area contributed by atoms with Gasteiger partial charge in [-0.25, -0.2) is 10.8 Å². The maximum Gasteiger partial charge on any atom is 0.258 e. The van der Waals surface area contributed by atoms with Gasteiger partial charge < -0.3 is 15.1 Å². The number of hydrazine groups is 1. The molecule has 6 heteroatoms. The van der Waals surface area contributed by atoms with E-state index in [0.717, 1.165) is 5.69 Å². The van der Waals surface area contributed by atoms with Gasteiger partial charge in [-0.1, -0.05) is 18.2 Å². The average molecular weight is 284 g/mol. The van der Waals surface area contributed by atoms with Crippen LogP contribution in [0.15, 0.2) is 42.5 Å². The number of ether oxygens (including phenoxy) is 1. The highest BCUT2D eigenvalue weighted by Gasteiger charge is 2.23. The molecule has 0 fully saturated rings. The number of para-hydroxylation sites is 1. The molecule has 108 valence electrons. The number of carbonyl (C=O) groups is 1. The molecule has 2 heterocycles. The van der Waals surface area contributed by atoms with E-state index in [-0.39, 0.29) is 5.91 Å². The van der Waals surface area contributed by atoms with Gasteiger partial charge in [-0.2, -0.15) is 0 Å². The molecule has 0 unspecified atom stereocenters. The summed E-state index contributed by atoms with van der Waals surface area (Å²) in [6.45, 7) is 1.42. The van der Waals surface area contributed by atoms with Crippen LogP contribution in [0.3, 0.4) is 0 Å². The van der Waals surface area contributed by atoms with Crippen LogP contribution >= 0.6 is 0 Å². The first-order chi connectivity index (χ1) is 10.3. The van der Waals surface area contributed by atoms with Gasteiger partial charge in [-0.05, 0) is 24.3 Å². The molecule has 3 rings (SSSR count). The molecule has 0 radical (unpaired) electrons. The minimum absolute atomic E-state index is 0.0454. The van der Waals surface area contributed by atoms with E-state index in [9.17, 15) is 4.79 Å². The summed E-state index contributed by atoms with van der Waals surface area (Å²) >= 11 is 0. The summed E-state index contributed by atoms with van der Waals surface area (Å²) in [5.74, 6) is 6.52. The quantitative estimate of drug-likeness (QED) is 0.658. The Morgan fingerprint density at radius 3 is 2.95 bits per heavy atom. The monoisotopic (exact) mass is 284 g/mol. The van der Waals surface area contributed by atoms with Crippen LogP contribution in [0.5, 0.6) is 5.75 Å². The molecule has 0 saturated carbocycles. The zero-order valence-electron chi connectivity index (χ0n) is 11.5. The molecule has 0 spiro atoms. The number of anilines is 1. The van der Waals surface area contributed by atoms with Crippen molar-refractivity contribution < 1.29 is 9.53 Å². The summed E-state index contributed by atoms with van der Waals surface area (Å²) in [7, 11) is 0. The van der Waals surface area contributed by atoms with E-state index in [0.29, 0.717) is 36.8 Å². The summed E-state index contributed by atoms with van der Waals surface area (Å²) in [4.78, 5) is 18.6. The van der Waals surface area contributed by atoms with Crippen molar-refractivity contribution >= 4 is 11.7 Å². The summed E-state index contributed by atoms with van der Waals surface area (Å²) in [6, 6.07) is 12.8. The highest BCUT2D eigenvalue weighted by atomic mass is 16.5. The summed E-state index contributed by atoms with van der Waals surface area (Å²) in [5.41, 5.74) is 3.87. The van der Waals surface area contributed by atoms with E-state index in [1.54, 1.807) is 17.0 Å². The van der Waals surface area contributed by atoms with Crippen LogP contribution in [-0.4, -0.2) is 28.9 Å². The standard InChI is InChI=1S/C15H16N4O2/c16-18-14-7-3-4-11(17-14)10-19-8-9-21-13-6-2-1-5-12(13)15(19)20/h1-7H,8-10,16H2,(H,17,18). The number of nitrogens with two attached hydrogens (primary N) is 1. The Bertz CT molecular complexity index is 660. The van der Waals surface area contributed by atoms with Crippen LogP contribution < -0.4 is 16.0 Å². The Morgan fingerprint density at radius 1 is 1.24 bits per heavy atom. The highest BCUT2D eigenvalue weighted by molar-refractivity contribution is 5.97. The van der Waals surface area contributed by atoms with E-state index in [1.165, 1.54) is 0 Å². The minimum atomic E-state index is -0.0454. The Morgan fingerprint density at radius 2 is 2.10 bits per heavy atom. The Balaban J connectivity index is 1.84. The number of hydrogen-bond donors (Lipinski definition) is 2. The van der Waals surface area contributed by atoms with E-state index in [4.69, 9.17) is 10.6 Å². The molecular weight excluding hydrogens is 268 g/mol. The predicted octanol–water partition coefficient (Wildman–Crippen LogP) is 1.40. The van der Waals surface area contributed by atoms with E-state index < -0.39 is 0 Å². The molecule has 6 nitrogen and oxygen atoms in total. The van der Waals surface area contributed by atoms with Crippen LogP contribution in [0, 0.1) is 0 Å². The second-order valence-corrected chi connectivity index (χ2v) is 4.73. The predicted molar refractivity (Wildman–Crippen MR) is 78.7 cm³/mol. The second kappa shape index (κ2) is 5.80. The van der Waals surface area contributed by atoms with Crippen LogP contribution in [-0.2, 0) is 6.54 Å². The Kier molecular flexibility index (Phi) is 3.70. The van der Waals surface area contributed by atoms with E-state index >= 15 is 0 Å². The molecule has 0 saturated heterocycles. The van der Waals surface area contributed by atoms with Crippen LogP contribution in [0.1, 0.15) is 16.1 Å². The topological polar surface area (TPSA) is 80.5 Å². The number of pyridine rings is 1. The third-order valence-electron chi connectivity index (χ3n) is 3.33. The third-order valence-corrected chi connectivity index (χ3v) is 3.33. The van der Waals surface area contributed by atoms with Crippen molar-refractivity contribution in [3.05, 3.63) is 53.7 Å². The number of fused-ring (bicyclic) bond motifs is 1. The number of amides is 1. The van der Waals surface area contributed by atoms with Crippen LogP contribution in [0.4, 0.5) is 5.82 Å². The average Bonchev–Trinajstić information content (AvgIpc) is 2.68. The third kappa shape index (κ3) is 2.80. The number of hydrogen-bond acceptors (Lipinski definition) is 5. The molecule has 21 heavy (non-hydrogen) atoms. The lowest BCUT2D eigenvalue weighted by atomic mass is 10.1. The molecular formula is C15H16N4O2. The maximum atomic E-state index is 12.6. The number of benzene rings is 1. The summed E-state index contributed by atoms with van der Waals surface area (Å²) < 4.78 is 5.62. The lowest BCUT2D eigenvalue weighted by Crippen LogP contribution is -2.32. The molecule has 0 atom stereocenters. The first-order valence-electron chi connectivity index (χ1n) is 6.71. The van der Waals surface area contributed by atoms with Gasteiger partial charge in [0.15, 0.2) is 0 Å². The van der Waals surface area contributed by atoms with Crippen molar-refractivity contribution in [1.29, 1.82) is 0 Å². The SMILES string of the molecule is NNc1cccc(CN2CCOc3ccccc3C2=O)n1. The summed E-state index contributed by atoms with van der Waals surface area (Å²) in [6.07, 6.45) is 0. The van der Waals surface area contributed by atoms with Gasteiger partial charge in [0.25, 0.3) is 5.91 Å². The lowest BCUT2D eigenvalue weighted by molar-refractivity contribution is 0.0741. The van der Waals surface area contributed by atoms with Gasteiger partial charge in [0, 0.05) is 0 Å². The molecule has 0 aliphatic carbocycles. The number of nitrogens with one attached hydrogen (secondary N) is 1. The first kappa shape index (κ1) is 13.4. The summed E-state index contributed by atoms with van der Waals surface area (Å²) in [5, 5.41) is 0. The highest BCUT2D eigenvalue weighted by Crippen LogP contribution is 2.23. The maximum absolute atomic E-state index is 12.6. The van der Waals surface area contributed by atoms with Crippen LogP contribution in [0.2, 0.25) is 0 Å². The molecule has 2 aromatic rings. The lowest BCUT2D eigenvalue weighted by Gasteiger charge is -2.19. The Labute approximate surface area is 122 Å². The Hall–Kier alpha value is -2.60. The van der Waals surface area contributed by atoms with Gasteiger partial charge in [0.05, 0.1) is 24.3 Å². The number of nitrogens with zero attached hydrogens (tertiary/aromatic N) is 2. The van der Waals surface area contributed by atoms with Crippen molar-refractivity contribution in [2.75, 3.05) is 18.6 Å². The first-order valence-corrected chi connectivity index (χ1v) is 6.71. The zero-order chi connectivity index (χ0) is 14.7. The van der Waals surface area contributed by atoms with Gasteiger partial charge in [-0.15, -0.1) is 0 Å². The van der Waals surface area contributed by atoms with Crippen molar-refractivity contribution in [3.8, 4) is 5.75 Å². The smallest absolute Gasteiger partial charge is 0.258 e. The van der Waals surface area contributed by atoms with Crippen molar-refractivity contribution in [2.24, 2.45) is 5.84 Å². The van der Waals surface area contributed by atoms with E-state index in [1.807, 2.05) is 30.3 Å². The van der Waals surface area contributed by atoms with Gasteiger partial charge >= 0.3 is 0 Å². The fourth-order valence-corrected chi connectivity index (χ4v) is 2.30. The number of carbonyl (C=O) groups excluding carboxylic acids is 1.